The monoisotopic (exact) mass is 301 g/mol. The second-order valence-electron chi connectivity index (χ2n) is 4.48. The number of hydrogen-bond donors (Lipinski definition) is 1. The number of nitrogens with zero attached hydrogens (tertiary/aromatic N) is 1. The molecule has 1 aliphatic rings. The SMILES string of the molecule is Cn1cc(Br)c(OC2CCC(O)CC2)cc1=O. The normalized spacial score (nSPS) is 24.6. The van der Waals surface area contributed by atoms with Crippen LogP contribution in [0.25, 0.3) is 0 Å². The summed E-state index contributed by atoms with van der Waals surface area (Å²) in [5, 5.41) is 9.41. The summed E-state index contributed by atoms with van der Waals surface area (Å²) in [4.78, 5) is 11.5. The van der Waals surface area contributed by atoms with Crippen molar-refractivity contribution in [2.45, 2.75) is 37.9 Å². The largest absolute Gasteiger partial charge is 0.489 e. The summed E-state index contributed by atoms with van der Waals surface area (Å²) in [5.74, 6) is 0.592. The van der Waals surface area contributed by atoms with Crippen LogP contribution in [-0.4, -0.2) is 21.9 Å². The zero-order chi connectivity index (χ0) is 12.4. The van der Waals surface area contributed by atoms with Gasteiger partial charge in [-0.15, -0.1) is 0 Å². The number of aryl methyl sites for hydroxylation is 1. The molecule has 1 saturated carbocycles. The molecule has 0 bridgehead atoms. The van der Waals surface area contributed by atoms with E-state index < -0.39 is 0 Å². The third kappa shape index (κ3) is 3.10. The molecule has 5 heteroatoms. The average Bonchev–Trinajstić information content (AvgIpc) is 2.29. The first kappa shape index (κ1) is 12.6. The molecule has 0 radical (unpaired) electrons. The van der Waals surface area contributed by atoms with Crippen molar-refractivity contribution < 1.29 is 9.84 Å². The number of halogens is 1. The molecule has 1 fully saturated rings. The second-order valence-corrected chi connectivity index (χ2v) is 5.34. The van der Waals surface area contributed by atoms with E-state index in [1.165, 1.54) is 10.6 Å². The lowest BCUT2D eigenvalue weighted by molar-refractivity contribution is 0.0661. The molecule has 1 heterocycles. The first-order valence-electron chi connectivity index (χ1n) is 5.77. The van der Waals surface area contributed by atoms with Gasteiger partial charge in [-0.2, -0.15) is 0 Å². The molecule has 0 atom stereocenters. The molecule has 94 valence electrons. The van der Waals surface area contributed by atoms with Crippen LogP contribution >= 0.6 is 15.9 Å². The van der Waals surface area contributed by atoms with Crippen molar-refractivity contribution in [1.29, 1.82) is 0 Å². The fraction of sp³-hybridized carbons (Fsp3) is 0.583. The molecule has 17 heavy (non-hydrogen) atoms. The smallest absolute Gasteiger partial charge is 0.254 e. The van der Waals surface area contributed by atoms with Gasteiger partial charge in [0.1, 0.15) is 5.75 Å². The number of ether oxygens (including phenoxy) is 1. The predicted molar refractivity (Wildman–Crippen MR) is 68.3 cm³/mol. The van der Waals surface area contributed by atoms with Crippen molar-refractivity contribution in [2.24, 2.45) is 7.05 Å². The minimum atomic E-state index is -0.193. The van der Waals surface area contributed by atoms with E-state index in [1.54, 1.807) is 13.2 Å². The topological polar surface area (TPSA) is 51.5 Å². The summed E-state index contributed by atoms with van der Waals surface area (Å²) in [7, 11) is 1.70. The predicted octanol–water partition coefficient (Wildman–Crippen LogP) is 1.83. The Bertz CT molecular complexity index is 450. The molecule has 0 aromatic carbocycles. The Labute approximate surface area is 108 Å². The van der Waals surface area contributed by atoms with Gasteiger partial charge in [0.05, 0.1) is 16.7 Å². The van der Waals surface area contributed by atoms with E-state index >= 15 is 0 Å². The molecule has 1 aliphatic carbocycles. The van der Waals surface area contributed by atoms with Gasteiger partial charge in [0.15, 0.2) is 0 Å². The Balaban J connectivity index is 2.08. The molecule has 0 aliphatic heterocycles. The number of pyridine rings is 1. The Morgan fingerprint density at radius 2 is 2.06 bits per heavy atom. The van der Waals surface area contributed by atoms with Crippen molar-refractivity contribution in [3.8, 4) is 5.75 Å². The quantitative estimate of drug-likeness (QED) is 0.907. The standard InChI is InChI=1S/C12H16BrNO3/c1-14-7-10(13)11(6-12(14)16)17-9-4-2-8(15)3-5-9/h6-9,15H,2-5H2,1H3. The summed E-state index contributed by atoms with van der Waals surface area (Å²) in [5.41, 5.74) is -0.0842. The van der Waals surface area contributed by atoms with E-state index in [0.717, 1.165) is 30.2 Å². The van der Waals surface area contributed by atoms with Crippen LogP contribution in [0.4, 0.5) is 0 Å². The lowest BCUT2D eigenvalue weighted by atomic mass is 9.95. The van der Waals surface area contributed by atoms with Crippen LogP contribution in [0.3, 0.4) is 0 Å². The van der Waals surface area contributed by atoms with E-state index in [-0.39, 0.29) is 17.8 Å². The van der Waals surface area contributed by atoms with E-state index in [1.807, 2.05) is 0 Å². The van der Waals surface area contributed by atoms with Crippen LogP contribution in [0.15, 0.2) is 21.5 Å². The minimum absolute atomic E-state index is 0.0842. The Morgan fingerprint density at radius 1 is 1.41 bits per heavy atom. The van der Waals surface area contributed by atoms with E-state index in [0.29, 0.717) is 5.75 Å². The summed E-state index contributed by atoms with van der Waals surface area (Å²) >= 11 is 3.39. The highest BCUT2D eigenvalue weighted by atomic mass is 79.9. The molecule has 1 N–H and O–H groups in total. The third-order valence-electron chi connectivity index (χ3n) is 3.08. The van der Waals surface area contributed by atoms with Crippen molar-refractivity contribution in [2.75, 3.05) is 0 Å². The van der Waals surface area contributed by atoms with E-state index in [4.69, 9.17) is 4.74 Å². The maximum Gasteiger partial charge on any atom is 0.254 e. The van der Waals surface area contributed by atoms with Gasteiger partial charge in [-0.25, -0.2) is 0 Å². The lowest BCUT2D eigenvalue weighted by Gasteiger charge is -2.26. The fourth-order valence-electron chi connectivity index (χ4n) is 2.01. The van der Waals surface area contributed by atoms with Gasteiger partial charge >= 0.3 is 0 Å². The highest BCUT2D eigenvalue weighted by molar-refractivity contribution is 9.10. The highest BCUT2D eigenvalue weighted by Gasteiger charge is 2.21. The first-order valence-corrected chi connectivity index (χ1v) is 6.56. The number of rotatable bonds is 2. The molecule has 0 spiro atoms. The van der Waals surface area contributed by atoms with Gasteiger partial charge in [0, 0.05) is 19.3 Å². The van der Waals surface area contributed by atoms with Crippen LogP contribution in [0.5, 0.6) is 5.75 Å². The molecule has 1 aromatic heterocycles. The van der Waals surface area contributed by atoms with Crippen LogP contribution in [-0.2, 0) is 7.05 Å². The Kier molecular flexibility index (Phi) is 3.89. The van der Waals surface area contributed by atoms with Gasteiger partial charge in [-0.05, 0) is 41.6 Å². The number of aliphatic hydroxyl groups excluding tert-OH is 1. The summed E-state index contributed by atoms with van der Waals surface area (Å²) < 4.78 is 8.08. The van der Waals surface area contributed by atoms with Crippen molar-refractivity contribution in [1.82, 2.24) is 4.57 Å². The van der Waals surface area contributed by atoms with Crippen molar-refractivity contribution in [3.05, 3.63) is 27.1 Å². The Morgan fingerprint density at radius 3 is 2.71 bits per heavy atom. The maximum atomic E-state index is 11.5. The summed E-state index contributed by atoms with van der Waals surface area (Å²) in [6, 6.07) is 1.50. The minimum Gasteiger partial charge on any atom is -0.489 e. The number of hydrogen-bond acceptors (Lipinski definition) is 3. The molecule has 0 saturated heterocycles. The molecule has 1 aromatic rings. The molecule has 0 amide bonds. The van der Waals surface area contributed by atoms with Crippen LogP contribution in [0, 0.1) is 0 Å². The first-order chi connectivity index (χ1) is 8.06. The number of aliphatic hydroxyl groups is 1. The highest BCUT2D eigenvalue weighted by Crippen LogP contribution is 2.27. The van der Waals surface area contributed by atoms with Gasteiger partial charge in [0.25, 0.3) is 5.56 Å². The molecular formula is C12H16BrNO3. The second kappa shape index (κ2) is 5.23. The molecule has 4 nitrogen and oxygen atoms in total. The molecule has 2 rings (SSSR count). The van der Waals surface area contributed by atoms with E-state index in [2.05, 4.69) is 15.9 Å². The van der Waals surface area contributed by atoms with Gasteiger partial charge in [0.2, 0.25) is 0 Å². The maximum absolute atomic E-state index is 11.5. The molecular weight excluding hydrogens is 286 g/mol. The zero-order valence-corrected chi connectivity index (χ0v) is 11.3. The summed E-state index contributed by atoms with van der Waals surface area (Å²) in [6.07, 6.45) is 4.82. The fourth-order valence-corrected chi connectivity index (χ4v) is 2.53. The average molecular weight is 302 g/mol. The van der Waals surface area contributed by atoms with Gasteiger partial charge < -0.3 is 14.4 Å². The number of aromatic nitrogens is 1. The van der Waals surface area contributed by atoms with Crippen LogP contribution in [0.2, 0.25) is 0 Å². The van der Waals surface area contributed by atoms with Crippen LogP contribution in [0.1, 0.15) is 25.7 Å². The molecule has 0 unspecified atom stereocenters. The summed E-state index contributed by atoms with van der Waals surface area (Å²) in [6.45, 7) is 0. The Hall–Kier alpha value is -0.810. The van der Waals surface area contributed by atoms with Gasteiger partial charge in [-0.1, -0.05) is 0 Å². The lowest BCUT2D eigenvalue weighted by Crippen LogP contribution is -2.27. The van der Waals surface area contributed by atoms with Crippen molar-refractivity contribution in [3.63, 3.8) is 0 Å². The zero-order valence-electron chi connectivity index (χ0n) is 9.73. The third-order valence-corrected chi connectivity index (χ3v) is 3.68. The van der Waals surface area contributed by atoms with Crippen LogP contribution < -0.4 is 10.3 Å². The van der Waals surface area contributed by atoms with Crippen molar-refractivity contribution >= 4 is 15.9 Å². The van der Waals surface area contributed by atoms with E-state index in [9.17, 15) is 9.90 Å². The van der Waals surface area contributed by atoms with Gasteiger partial charge in [-0.3, -0.25) is 4.79 Å².